The van der Waals surface area contributed by atoms with E-state index in [2.05, 4.69) is 15.5 Å². The number of hydrogen-bond acceptors (Lipinski definition) is 6. The Balaban J connectivity index is 1.78. The highest BCUT2D eigenvalue weighted by molar-refractivity contribution is 6.41. The maximum absolute atomic E-state index is 13.8. The van der Waals surface area contributed by atoms with Crippen molar-refractivity contribution in [2.45, 2.75) is 71.0 Å². The standard InChI is InChI=1S/C30H42N4O3/c1-4-24(20-34(21-26-16-11-19-37-26)18-17-23-12-7-5-8-13-23)27(31)29(35)28(25-14-9-6-10-15-25)33-30(36)22(2)32-3/h5,7-8,11-13,16-19,22,24-25,28,31-32H,4,6,9-10,14-15,20-21H2,1-3H3,(H,33,36)/t22-,24?,28-/m0/s1. The van der Waals surface area contributed by atoms with Crippen molar-refractivity contribution in [3.63, 3.8) is 0 Å². The summed E-state index contributed by atoms with van der Waals surface area (Å²) < 4.78 is 5.58. The first-order valence-electron chi connectivity index (χ1n) is 13.5. The molecule has 0 radical (unpaired) electrons. The summed E-state index contributed by atoms with van der Waals surface area (Å²) in [7, 11) is 1.73. The number of carbonyl (C=O) groups excluding carboxylic acids is 2. The highest BCUT2D eigenvalue weighted by Gasteiger charge is 2.35. The maximum Gasteiger partial charge on any atom is 0.237 e. The van der Waals surface area contributed by atoms with Crippen molar-refractivity contribution in [2.24, 2.45) is 11.8 Å². The van der Waals surface area contributed by atoms with Crippen molar-refractivity contribution >= 4 is 23.5 Å². The molecule has 1 aliphatic carbocycles. The van der Waals surface area contributed by atoms with E-state index in [-0.39, 0.29) is 29.2 Å². The van der Waals surface area contributed by atoms with Crippen molar-refractivity contribution in [3.8, 4) is 0 Å². The molecule has 0 bridgehead atoms. The summed E-state index contributed by atoms with van der Waals surface area (Å²) in [6.07, 6.45) is 11.4. The first-order chi connectivity index (χ1) is 17.9. The molecule has 1 unspecified atom stereocenters. The zero-order valence-corrected chi connectivity index (χ0v) is 22.4. The topological polar surface area (TPSA) is 98.4 Å². The molecule has 1 saturated carbocycles. The van der Waals surface area contributed by atoms with Crippen LogP contribution in [-0.2, 0) is 16.1 Å². The van der Waals surface area contributed by atoms with Crippen LogP contribution in [0.25, 0.3) is 6.08 Å². The molecule has 1 amide bonds. The molecule has 1 heterocycles. The Morgan fingerprint density at radius 2 is 1.86 bits per heavy atom. The average Bonchev–Trinajstić information content (AvgIpc) is 3.46. The number of benzene rings is 1. The number of nitrogens with zero attached hydrogens (tertiary/aromatic N) is 1. The SMILES string of the molecule is CCC(CN(C=Cc1ccccc1)Cc1ccco1)C(=N)C(=O)[C@@H](NC(=O)[C@H](C)NC)C1CCCCC1. The molecule has 7 heteroatoms. The summed E-state index contributed by atoms with van der Waals surface area (Å²) >= 11 is 0. The van der Waals surface area contributed by atoms with E-state index in [1.165, 1.54) is 0 Å². The van der Waals surface area contributed by atoms with Crippen molar-refractivity contribution in [2.75, 3.05) is 13.6 Å². The van der Waals surface area contributed by atoms with E-state index in [0.29, 0.717) is 19.5 Å². The van der Waals surface area contributed by atoms with Crippen LogP contribution in [0.2, 0.25) is 0 Å². The van der Waals surface area contributed by atoms with E-state index in [1.54, 1.807) is 20.2 Å². The second-order valence-electron chi connectivity index (χ2n) is 10.0. The van der Waals surface area contributed by atoms with Crippen LogP contribution in [0.3, 0.4) is 0 Å². The highest BCUT2D eigenvalue weighted by Crippen LogP contribution is 2.28. The molecule has 1 aromatic carbocycles. The zero-order valence-electron chi connectivity index (χ0n) is 22.4. The number of ketones is 1. The summed E-state index contributed by atoms with van der Waals surface area (Å²) in [5, 5.41) is 14.9. The van der Waals surface area contributed by atoms with E-state index in [1.807, 2.05) is 61.7 Å². The molecule has 0 spiro atoms. The van der Waals surface area contributed by atoms with Gasteiger partial charge >= 0.3 is 0 Å². The molecule has 3 rings (SSSR count). The number of furan rings is 1. The lowest BCUT2D eigenvalue weighted by Crippen LogP contribution is -2.54. The third kappa shape index (κ3) is 8.42. The van der Waals surface area contributed by atoms with Gasteiger partial charge in [-0.1, -0.05) is 56.5 Å². The quantitative estimate of drug-likeness (QED) is 0.312. The van der Waals surface area contributed by atoms with Crippen LogP contribution >= 0.6 is 0 Å². The Labute approximate surface area is 221 Å². The van der Waals surface area contributed by atoms with Crippen LogP contribution in [0.5, 0.6) is 0 Å². The van der Waals surface area contributed by atoms with Crippen LogP contribution in [0.15, 0.2) is 59.3 Å². The molecule has 3 atom stereocenters. The number of rotatable bonds is 14. The van der Waals surface area contributed by atoms with Crippen LogP contribution in [0, 0.1) is 17.2 Å². The number of Topliss-reactive ketones (excluding diaryl/α,β-unsaturated/α-hetero) is 1. The zero-order chi connectivity index (χ0) is 26.6. The van der Waals surface area contributed by atoms with Gasteiger partial charge in [0.05, 0.1) is 30.6 Å². The number of amides is 1. The Morgan fingerprint density at radius 3 is 2.49 bits per heavy atom. The summed E-state index contributed by atoms with van der Waals surface area (Å²) in [5.41, 5.74) is 1.16. The van der Waals surface area contributed by atoms with Crippen molar-refractivity contribution in [1.82, 2.24) is 15.5 Å². The average molecular weight is 507 g/mol. The molecular weight excluding hydrogens is 464 g/mol. The summed E-state index contributed by atoms with van der Waals surface area (Å²) in [5.74, 6) is 0.175. The number of hydrogen-bond donors (Lipinski definition) is 3. The van der Waals surface area contributed by atoms with E-state index in [4.69, 9.17) is 9.83 Å². The smallest absolute Gasteiger partial charge is 0.237 e. The third-order valence-corrected chi connectivity index (χ3v) is 7.37. The Hall–Kier alpha value is -3.19. The predicted octanol–water partition coefficient (Wildman–Crippen LogP) is 5.04. The minimum Gasteiger partial charge on any atom is -0.467 e. The minimum atomic E-state index is -0.650. The number of likely N-dealkylation sites (N-methyl/N-ethyl adjacent to an activating group) is 1. The monoisotopic (exact) mass is 506 g/mol. The Kier molecular flexibility index (Phi) is 11.1. The molecule has 7 nitrogen and oxygen atoms in total. The number of carbonyl (C=O) groups is 2. The normalized spacial score (nSPS) is 16.7. The van der Waals surface area contributed by atoms with Gasteiger partial charge in [-0.05, 0) is 62.9 Å². The van der Waals surface area contributed by atoms with Crippen molar-refractivity contribution in [1.29, 1.82) is 5.41 Å². The lowest BCUT2D eigenvalue weighted by atomic mass is 9.79. The first-order valence-corrected chi connectivity index (χ1v) is 13.5. The fraction of sp³-hybridized carbons (Fsp3) is 0.500. The van der Waals surface area contributed by atoms with Gasteiger partial charge in [-0.25, -0.2) is 0 Å². The molecule has 1 aliphatic rings. The van der Waals surface area contributed by atoms with Crippen molar-refractivity contribution < 1.29 is 14.0 Å². The van der Waals surface area contributed by atoms with Gasteiger partial charge in [-0.3, -0.25) is 9.59 Å². The molecule has 200 valence electrons. The van der Waals surface area contributed by atoms with Crippen LogP contribution < -0.4 is 10.6 Å². The fourth-order valence-electron chi connectivity index (χ4n) is 4.89. The first kappa shape index (κ1) is 28.4. The number of nitrogens with one attached hydrogen (secondary N) is 3. The fourth-order valence-corrected chi connectivity index (χ4v) is 4.89. The van der Waals surface area contributed by atoms with E-state index in [9.17, 15) is 9.59 Å². The third-order valence-electron chi connectivity index (χ3n) is 7.37. The predicted molar refractivity (Wildman–Crippen MR) is 148 cm³/mol. The lowest BCUT2D eigenvalue weighted by Gasteiger charge is -2.32. The summed E-state index contributed by atoms with van der Waals surface area (Å²) in [4.78, 5) is 28.6. The van der Waals surface area contributed by atoms with E-state index >= 15 is 0 Å². The molecular formula is C30H42N4O3. The molecule has 2 aromatic rings. The van der Waals surface area contributed by atoms with Gasteiger partial charge in [-0.15, -0.1) is 0 Å². The van der Waals surface area contributed by atoms with Crippen LogP contribution in [-0.4, -0.2) is 48.0 Å². The van der Waals surface area contributed by atoms with Gasteiger partial charge in [-0.2, -0.15) is 0 Å². The molecule has 1 aromatic heterocycles. The van der Waals surface area contributed by atoms with E-state index in [0.717, 1.165) is 43.4 Å². The van der Waals surface area contributed by atoms with Gasteiger partial charge < -0.3 is 25.4 Å². The molecule has 0 saturated heterocycles. The second-order valence-corrected chi connectivity index (χ2v) is 10.0. The Bertz CT molecular complexity index is 1010. The van der Waals surface area contributed by atoms with Gasteiger partial charge in [0.15, 0.2) is 5.78 Å². The molecule has 0 aliphatic heterocycles. The molecule has 1 fully saturated rings. The largest absolute Gasteiger partial charge is 0.467 e. The van der Waals surface area contributed by atoms with Crippen molar-refractivity contribution in [3.05, 3.63) is 66.3 Å². The Morgan fingerprint density at radius 1 is 1.14 bits per heavy atom. The second kappa shape index (κ2) is 14.5. The van der Waals surface area contributed by atoms with Crippen LogP contribution in [0.4, 0.5) is 0 Å². The summed E-state index contributed by atoms with van der Waals surface area (Å²) in [6, 6.07) is 12.8. The van der Waals surface area contributed by atoms with Gasteiger partial charge in [0, 0.05) is 18.7 Å². The molecule has 37 heavy (non-hydrogen) atoms. The van der Waals surface area contributed by atoms with Gasteiger partial charge in [0.25, 0.3) is 0 Å². The highest BCUT2D eigenvalue weighted by atomic mass is 16.3. The molecule has 3 N–H and O–H groups in total. The minimum absolute atomic E-state index is 0.0734. The van der Waals surface area contributed by atoms with Gasteiger partial charge in [0.1, 0.15) is 5.76 Å². The van der Waals surface area contributed by atoms with Crippen LogP contribution in [0.1, 0.15) is 63.7 Å². The lowest BCUT2D eigenvalue weighted by molar-refractivity contribution is -0.127. The van der Waals surface area contributed by atoms with E-state index < -0.39 is 12.1 Å². The summed E-state index contributed by atoms with van der Waals surface area (Å²) in [6.45, 7) is 4.83. The maximum atomic E-state index is 13.8. The van der Waals surface area contributed by atoms with Gasteiger partial charge in [0.2, 0.25) is 5.91 Å².